The maximum absolute atomic E-state index is 11.1. The average Bonchev–Trinajstić information content (AvgIpc) is 1.94. The average molecular weight is 170 g/mol. The quantitative estimate of drug-likeness (QED) is 0.557. The molecule has 0 aromatic carbocycles. The van der Waals surface area contributed by atoms with Crippen molar-refractivity contribution >= 4 is 11.8 Å². The first-order chi connectivity index (χ1) is 5.59. The van der Waals surface area contributed by atoms with Crippen molar-refractivity contribution in [3.05, 3.63) is 0 Å². The molecule has 12 heavy (non-hydrogen) atoms. The lowest BCUT2D eigenvalue weighted by Gasteiger charge is -2.23. The summed E-state index contributed by atoms with van der Waals surface area (Å²) in [6, 6.07) is -0.192. The van der Waals surface area contributed by atoms with Gasteiger partial charge in [0.25, 0.3) is 0 Å². The van der Waals surface area contributed by atoms with Gasteiger partial charge in [-0.05, 0) is 12.3 Å². The number of nitrogens with one attached hydrogen (secondary N) is 2. The zero-order chi connectivity index (χ0) is 9.14. The van der Waals surface area contributed by atoms with Crippen LogP contribution in [0.5, 0.6) is 0 Å². The van der Waals surface area contributed by atoms with Gasteiger partial charge in [-0.2, -0.15) is 0 Å². The van der Waals surface area contributed by atoms with Gasteiger partial charge in [0.1, 0.15) is 0 Å². The van der Waals surface area contributed by atoms with Gasteiger partial charge in [0.15, 0.2) is 0 Å². The molecule has 0 aromatic heterocycles. The molecule has 0 radical (unpaired) electrons. The molecule has 1 rings (SSSR count). The Balaban J connectivity index is 2.45. The molecular weight excluding hydrogens is 156 g/mol. The predicted molar refractivity (Wildman–Crippen MR) is 44.4 cm³/mol. The molecule has 0 aromatic rings. The summed E-state index contributed by atoms with van der Waals surface area (Å²) in [5, 5.41) is 5.18. The third-order valence-electron chi connectivity index (χ3n) is 1.80. The summed E-state index contributed by atoms with van der Waals surface area (Å²) in [4.78, 5) is 21.9. The van der Waals surface area contributed by atoms with Crippen LogP contribution in [-0.4, -0.2) is 24.4 Å². The number of rotatable bonds is 2. The molecule has 0 saturated carbocycles. The number of carbonyl (C=O) groups is 2. The lowest BCUT2D eigenvalue weighted by molar-refractivity contribution is -0.134. The van der Waals surface area contributed by atoms with E-state index in [1.54, 1.807) is 0 Å². The summed E-state index contributed by atoms with van der Waals surface area (Å²) in [6.45, 7) is 4.35. The largest absolute Gasteiger partial charge is 0.297 e. The number of piperazine rings is 1. The van der Waals surface area contributed by atoms with Crippen LogP contribution in [0, 0.1) is 5.92 Å². The van der Waals surface area contributed by atoms with Crippen LogP contribution in [0.25, 0.3) is 0 Å². The van der Waals surface area contributed by atoms with Gasteiger partial charge < -0.3 is 0 Å². The fraction of sp³-hybridized carbons (Fsp3) is 0.750. The summed E-state index contributed by atoms with van der Waals surface area (Å²) in [5.74, 6) is 0.0291. The molecule has 1 aliphatic heterocycles. The van der Waals surface area contributed by atoms with Crippen LogP contribution in [0.4, 0.5) is 0 Å². The molecule has 0 spiro atoms. The molecular formula is C8H14N2O2. The second-order valence-corrected chi connectivity index (χ2v) is 3.48. The van der Waals surface area contributed by atoms with Crippen molar-refractivity contribution in [2.24, 2.45) is 5.92 Å². The minimum absolute atomic E-state index is 0.192. The van der Waals surface area contributed by atoms with E-state index >= 15 is 0 Å². The smallest absolute Gasteiger partial charge is 0.243 e. The topological polar surface area (TPSA) is 58.2 Å². The van der Waals surface area contributed by atoms with Crippen molar-refractivity contribution < 1.29 is 9.59 Å². The number of hydrogen-bond donors (Lipinski definition) is 2. The van der Waals surface area contributed by atoms with Gasteiger partial charge in [0, 0.05) is 0 Å². The minimum Gasteiger partial charge on any atom is -0.297 e. The number of imide groups is 1. The van der Waals surface area contributed by atoms with Crippen molar-refractivity contribution in [1.29, 1.82) is 0 Å². The highest BCUT2D eigenvalue weighted by molar-refractivity contribution is 6.01. The highest BCUT2D eigenvalue weighted by Crippen LogP contribution is 2.06. The van der Waals surface area contributed by atoms with Crippen molar-refractivity contribution in [2.75, 3.05) is 6.54 Å². The predicted octanol–water partition coefficient (Wildman–Crippen LogP) is -0.353. The number of amides is 2. The van der Waals surface area contributed by atoms with E-state index in [1.807, 2.05) is 13.8 Å². The van der Waals surface area contributed by atoms with Crippen molar-refractivity contribution in [2.45, 2.75) is 26.3 Å². The van der Waals surface area contributed by atoms with E-state index in [9.17, 15) is 9.59 Å². The first kappa shape index (κ1) is 9.19. The summed E-state index contributed by atoms with van der Waals surface area (Å²) < 4.78 is 0. The second kappa shape index (κ2) is 3.67. The van der Waals surface area contributed by atoms with Gasteiger partial charge in [-0.3, -0.25) is 20.2 Å². The SMILES string of the molecule is CC(C)CC1NCC(=O)NC1=O. The standard InChI is InChI=1S/C8H14N2O2/c1-5(2)3-6-8(12)10-7(11)4-9-6/h5-6,9H,3-4H2,1-2H3,(H,10,11,12). The van der Waals surface area contributed by atoms with E-state index in [-0.39, 0.29) is 24.4 Å². The van der Waals surface area contributed by atoms with Crippen molar-refractivity contribution in [1.82, 2.24) is 10.6 Å². The van der Waals surface area contributed by atoms with E-state index in [2.05, 4.69) is 10.6 Å². The molecule has 2 amide bonds. The Labute approximate surface area is 71.7 Å². The van der Waals surface area contributed by atoms with Gasteiger partial charge in [0.2, 0.25) is 11.8 Å². The molecule has 1 saturated heterocycles. The van der Waals surface area contributed by atoms with E-state index in [1.165, 1.54) is 0 Å². The zero-order valence-electron chi connectivity index (χ0n) is 7.39. The van der Waals surface area contributed by atoms with E-state index in [0.29, 0.717) is 5.92 Å². The van der Waals surface area contributed by atoms with Crippen LogP contribution in [0.3, 0.4) is 0 Å². The van der Waals surface area contributed by atoms with Gasteiger partial charge in [-0.15, -0.1) is 0 Å². The molecule has 1 fully saturated rings. The third-order valence-corrected chi connectivity index (χ3v) is 1.80. The van der Waals surface area contributed by atoms with E-state index in [4.69, 9.17) is 0 Å². The molecule has 1 unspecified atom stereocenters. The summed E-state index contributed by atoms with van der Waals surface area (Å²) in [5.41, 5.74) is 0. The monoisotopic (exact) mass is 170 g/mol. The molecule has 1 heterocycles. The first-order valence-electron chi connectivity index (χ1n) is 4.16. The zero-order valence-corrected chi connectivity index (χ0v) is 7.39. The van der Waals surface area contributed by atoms with Crippen LogP contribution in [-0.2, 0) is 9.59 Å². The molecule has 0 bridgehead atoms. The highest BCUT2D eigenvalue weighted by atomic mass is 16.2. The van der Waals surface area contributed by atoms with E-state index in [0.717, 1.165) is 6.42 Å². The second-order valence-electron chi connectivity index (χ2n) is 3.48. The Morgan fingerprint density at radius 1 is 1.50 bits per heavy atom. The molecule has 68 valence electrons. The third kappa shape index (κ3) is 2.30. The summed E-state index contributed by atoms with van der Waals surface area (Å²) >= 11 is 0. The van der Waals surface area contributed by atoms with Crippen LogP contribution < -0.4 is 10.6 Å². The molecule has 4 heteroatoms. The number of hydrogen-bond acceptors (Lipinski definition) is 3. The highest BCUT2D eigenvalue weighted by Gasteiger charge is 2.25. The normalized spacial score (nSPS) is 24.4. The Morgan fingerprint density at radius 3 is 2.67 bits per heavy atom. The van der Waals surface area contributed by atoms with Crippen molar-refractivity contribution in [3.8, 4) is 0 Å². The fourth-order valence-electron chi connectivity index (χ4n) is 1.24. The molecule has 2 N–H and O–H groups in total. The Kier molecular flexibility index (Phi) is 2.81. The van der Waals surface area contributed by atoms with Gasteiger partial charge >= 0.3 is 0 Å². The van der Waals surface area contributed by atoms with Crippen LogP contribution >= 0.6 is 0 Å². The van der Waals surface area contributed by atoms with Crippen LogP contribution in [0.15, 0.2) is 0 Å². The van der Waals surface area contributed by atoms with Crippen molar-refractivity contribution in [3.63, 3.8) is 0 Å². The molecule has 1 atom stereocenters. The number of carbonyl (C=O) groups excluding carboxylic acids is 2. The maximum atomic E-state index is 11.1. The fourth-order valence-corrected chi connectivity index (χ4v) is 1.24. The Morgan fingerprint density at radius 2 is 2.17 bits per heavy atom. The summed E-state index contributed by atoms with van der Waals surface area (Å²) in [6.07, 6.45) is 0.777. The van der Waals surface area contributed by atoms with Gasteiger partial charge in [-0.1, -0.05) is 13.8 Å². The van der Waals surface area contributed by atoms with Gasteiger partial charge in [0.05, 0.1) is 12.6 Å². The lowest BCUT2D eigenvalue weighted by Crippen LogP contribution is -2.56. The first-order valence-corrected chi connectivity index (χ1v) is 4.16. The summed E-state index contributed by atoms with van der Waals surface area (Å²) in [7, 11) is 0. The van der Waals surface area contributed by atoms with Crippen LogP contribution in [0.1, 0.15) is 20.3 Å². The van der Waals surface area contributed by atoms with Crippen LogP contribution in [0.2, 0.25) is 0 Å². The molecule has 4 nitrogen and oxygen atoms in total. The Bertz CT molecular complexity index is 201. The lowest BCUT2D eigenvalue weighted by atomic mass is 10.0. The van der Waals surface area contributed by atoms with E-state index < -0.39 is 0 Å². The molecule has 0 aliphatic carbocycles. The molecule has 1 aliphatic rings. The minimum atomic E-state index is -0.236. The maximum Gasteiger partial charge on any atom is 0.243 e. The van der Waals surface area contributed by atoms with Gasteiger partial charge in [-0.25, -0.2) is 0 Å². The Hall–Kier alpha value is -0.900.